The van der Waals surface area contributed by atoms with E-state index in [2.05, 4.69) is 18.8 Å². The van der Waals surface area contributed by atoms with E-state index in [1.807, 2.05) is 0 Å². The molecule has 0 saturated carbocycles. The first-order valence-electron chi connectivity index (χ1n) is 18.3. The third kappa shape index (κ3) is 27.4. The Balaban J connectivity index is 1.86. The van der Waals surface area contributed by atoms with Crippen molar-refractivity contribution >= 4 is 25.8 Å². The molecule has 0 aromatic carbocycles. The van der Waals surface area contributed by atoms with Crippen molar-refractivity contribution in [2.45, 2.75) is 193 Å². The number of thioether (sulfide) groups is 1. The van der Waals surface area contributed by atoms with Crippen LogP contribution in [0.1, 0.15) is 174 Å². The minimum absolute atomic E-state index is 0.352. The van der Waals surface area contributed by atoms with Crippen molar-refractivity contribution < 1.29 is 14.3 Å². The maximum absolute atomic E-state index is 12.3. The summed E-state index contributed by atoms with van der Waals surface area (Å²) < 4.78 is 11.8. The zero-order valence-electron chi connectivity index (χ0n) is 27.7. The topological polar surface area (TPSA) is 47.6 Å². The van der Waals surface area contributed by atoms with Gasteiger partial charge in [0, 0.05) is 18.8 Å². The normalized spacial score (nSPS) is 17.9. The third-order valence-electron chi connectivity index (χ3n) is 8.70. The molecule has 1 rings (SSSR count). The van der Waals surface area contributed by atoms with Crippen LogP contribution in [0.15, 0.2) is 0 Å². The highest BCUT2D eigenvalue weighted by Crippen LogP contribution is 2.19. The fraction of sp³-hybridized carbons (Fsp3) is 0.971. The van der Waals surface area contributed by atoms with Gasteiger partial charge >= 0.3 is 0 Å². The molecule has 2 unspecified atom stereocenters. The summed E-state index contributed by atoms with van der Waals surface area (Å²) in [7, 11) is -0.863. The fourth-order valence-electron chi connectivity index (χ4n) is 5.94. The summed E-state index contributed by atoms with van der Waals surface area (Å²) in [6.07, 6.45) is 32.9. The van der Waals surface area contributed by atoms with Gasteiger partial charge in [-0.2, -0.15) is 0 Å². The smallest absolute Gasteiger partial charge is 0.188 e. The van der Waals surface area contributed by atoms with Crippen molar-refractivity contribution in [3.8, 4) is 0 Å². The first-order valence-corrected chi connectivity index (χ1v) is 21.5. The lowest BCUT2D eigenvalue weighted by Gasteiger charge is -2.25. The lowest BCUT2D eigenvalue weighted by molar-refractivity contribution is -0.111. The second-order valence-corrected chi connectivity index (χ2v) is 16.8. The monoisotopic (exact) mass is 613 g/mol. The van der Waals surface area contributed by atoms with Gasteiger partial charge in [0.05, 0.1) is 6.10 Å². The van der Waals surface area contributed by atoms with Crippen molar-refractivity contribution in [3.63, 3.8) is 0 Å². The molecular formula is C35H71NO3SSi. The number of nitrogens with one attached hydrogen (secondary N) is 1. The average Bonchev–Trinajstić information content (AvgIpc) is 2.96. The Morgan fingerprint density at radius 1 is 0.732 bits per heavy atom. The maximum atomic E-state index is 12.3. The SMILES string of the molecule is CCCCCCCCCCCCCCCC(=O)SCCC[SiH]1CCCC(OCOCCCCCCCCC)CCN1. The molecule has 1 fully saturated rings. The Kier molecular flexibility index (Phi) is 30.1. The maximum Gasteiger partial charge on any atom is 0.188 e. The highest BCUT2D eigenvalue weighted by Gasteiger charge is 2.18. The molecule has 6 heteroatoms. The van der Waals surface area contributed by atoms with Gasteiger partial charge in [-0.1, -0.05) is 148 Å². The average molecular weight is 614 g/mol. The van der Waals surface area contributed by atoms with Gasteiger partial charge in [-0.25, -0.2) is 0 Å². The summed E-state index contributed by atoms with van der Waals surface area (Å²) in [4.78, 5) is 16.2. The summed E-state index contributed by atoms with van der Waals surface area (Å²) in [5.41, 5.74) is 0. The van der Waals surface area contributed by atoms with E-state index < -0.39 is 8.96 Å². The van der Waals surface area contributed by atoms with Crippen LogP contribution in [0, 0.1) is 0 Å². The molecule has 41 heavy (non-hydrogen) atoms. The number of carbonyl (C=O) groups excluding carboxylic acids is 1. The van der Waals surface area contributed by atoms with Crippen LogP contribution in [0.2, 0.25) is 12.1 Å². The van der Waals surface area contributed by atoms with Crippen LogP contribution in [-0.2, 0) is 14.3 Å². The number of rotatable bonds is 29. The van der Waals surface area contributed by atoms with Gasteiger partial charge in [-0.05, 0) is 50.7 Å². The summed E-state index contributed by atoms with van der Waals surface area (Å²) >= 11 is 1.60. The van der Waals surface area contributed by atoms with Crippen molar-refractivity contribution in [3.05, 3.63) is 0 Å². The molecule has 2 atom stereocenters. The Hall–Kier alpha value is 0.117. The molecule has 1 aliphatic rings. The Morgan fingerprint density at radius 2 is 1.29 bits per heavy atom. The van der Waals surface area contributed by atoms with Crippen molar-refractivity contribution in [2.24, 2.45) is 0 Å². The van der Waals surface area contributed by atoms with Gasteiger partial charge in [0.25, 0.3) is 0 Å². The van der Waals surface area contributed by atoms with E-state index >= 15 is 0 Å². The zero-order chi connectivity index (χ0) is 29.5. The van der Waals surface area contributed by atoms with Gasteiger partial charge in [0.2, 0.25) is 0 Å². The largest absolute Gasteiger partial charge is 0.355 e. The Bertz CT molecular complexity index is 544. The van der Waals surface area contributed by atoms with E-state index in [0.717, 1.165) is 44.6 Å². The van der Waals surface area contributed by atoms with Crippen LogP contribution in [-0.4, -0.2) is 45.9 Å². The first-order chi connectivity index (χ1) is 20.3. The second-order valence-electron chi connectivity index (χ2n) is 12.7. The molecule has 0 aliphatic carbocycles. The zero-order valence-corrected chi connectivity index (χ0v) is 29.7. The molecule has 1 N–H and O–H groups in total. The predicted molar refractivity (Wildman–Crippen MR) is 185 cm³/mol. The van der Waals surface area contributed by atoms with Crippen molar-refractivity contribution in [1.82, 2.24) is 4.98 Å². The van der Waals surface area contributed by atoms with Crippen LogP contribution in [0.5, 0.6) is 0 Å². The van der Waals surface area contributed by atoms with Crippen LogP contribution in [0.3, 0.4) is 0 Å². The molecule has 4 nitrogen and oxygen atoms in total. The van der Waals surface area contributed by atoms with E-state index in [9.17, 15) is 4.79 Å². The van der Waals surface area contributed by atoms with Gasteiger partial charge in [-0.3, -0.25) is 4.79 Å². The van der Waals surface area contributed by atoms with Crippen LogP contribution in [0.25, 0.3) is 0 Å². The number of hydrogen-bond acceptors (Lipinski definition) is 5. The van der Waals surface area contributed by atoms with Crippen LogP contribution >= 0.6 is 11.8 Å². The van der Waals surface area contributed by atoms with E-state index in [-0.39, 0.29) is 0 Å². The highest BCUT2D eigenvalue weighted by atomic mass is 32.2. The lowest BCUT2D eigenvalue weighted by atomic mass is 10.0. The van der Waals surface area contributed by atoms with E-state index in [1.165, 1.54) is 147 Å². The predicted octanol–water partition coefficient (Wildman–Crippen LogP) is 10.7. The molecular weight excluding hydrogens is 543 g/mol. The fourth-order valence-corrected chi connectivity index (χ4v) is 9.76. The molecule has 0 aromatic rings. The van der Waals surface area contributed by atoms with Gasteiger partial charge in [-0.15, -0.1) is 0 Å². The third-order valence-corrected chi connectivity index (χ3v) is 12.8. The molecule has 1 aliphatic heterocycles. The first kappa shape index (κ1) is 39.1. The highest BCUT2D eigenvalue weighted by molar-refractivity contribution is 8.13. The quantitative estimate of drug-likeness (QED) is 0.0516. The number of hydrogen-bond donors (Lipinski definition) is 1. The minimum atomic E-state index is -0.863. The summed E-state index contributed by atoms with van der Waals surface area (Å²) in [5.74, 6) is 1.02. The number of carbonyl (C=O) groups is 1. The summed E-state index contributed by atoms with van der Waals surface area (Å²) in [6, 6.07) is 2.68. The standard InChI is InChI=1S/C35H71NO3SSi/c1-3-5-7-9-11-12-13-14-15-16-17-19-21-26-35(37)40-30-24-32-41-31-23-25-34(27-28-36-41)39-33-38-29-22-20-18-10-8-6-4-2/h34,36,41H,3-33H2,1-2H3. The van der Waals surface area contributed by atoms with E-state index in [0.29, 0.717) is 18.0 Å². The van der Waals surface area contributed by atoms with Gasteiger partial charge in [0.15, 0.2) is 5.12 Å². The summed E-state index contributed by atoms with van der Waals surface area (Å²) in [5, 5.41) is 0.426. The lowest BCUT2D eigenvalue weighted by Crippen LogP contribution is -2.38. The van der Waals surface area contributed by atoms with E-state index in [1.54, 1.807) is 11.8 Å². The van der Waals surface area contributed by atoms with Crippen molar-refractivity contribution in [1.29, 1.82) is 0 Å². The molecule has 1 heterocycles. The Morgan fingerprint density at radius 3 is 1.90 bits per heavy atom. The van der Waals surface area contributed by atoms with Crippen LogP contribution in [0.4, 0.5) is 0 Å². The Labute approximate surface area is 262 Å². The number of unbranched alkanes of at least 4 members (excludes halogenated alkanes) is 18. The second kappa shape index (κ2) is 31.5. The molecule has 0 aromatic heterocycles. The molecule has 0 amide bonds. The minimum Gasteiger partial charge on any atom is -0.355 e. The van der Waals surface area contributed by atoms with Crippen LogP contribution < -0.4 is 4.98 Å². The van der Waals surface area contributed by atoms with E-state index in [4.69, 9.17) is 9.47 Å². The number of ether oxygens (including phenoxy) is 2. The van der Waals surface area contributed by atoms with Crippen molar-refractivity contribution in [2.75, 3.05) is 25.7 Å². The molecule has 1 saturated heterocycles. The summed E-state index contributed by atoms with van der Waals surface area (Å²) in [6.45, 7) is 6.95. The molecule has 244 valence electrons. The molecule has 0 radical (unpaired) electrons. The van der Waals surface area contributed by atoms with Gasteiger partial charge in [0.1, 0.15) is 15.8 Å². The molecule has 0 spiro atoms. The van der Waals surface area contributed by atoms with Gasteiger partial charge < -0.3 is 14.5 Å². The molecule has 0 bridgehead atoms.